The number of fused-ring (bicyclic) bond motifs is 1. The Balaban J connectivity index is 1.43. The van der Waals surface area contributed by atoms with E-state index in [1.54, 1.807) is 6.07 Å². The van der Waals surface area contributed by atoms with Crippen LogP contribution in [0.1, 0.15) is 64.2 Å². The van der Waals surface area contributed by atoms with Crippen LogP contribution in [0.15, 0.2) is 20.7 Å². The van der Waals surface area contributed by atoms with E-state index in [9.17, 15) is 14.9 Å². The lowest BCUT2D eigenvalue weighted by Gasteiger charge is -2.04. The predicted molar refractivity (Wildman–Crippen MR) is 105 cm³/mol. The molecule has 0 radical (unpaired) electrons. The minimum atomic E-state index is -0.336. The first kappa shape index (κ1) is 20.4. The van der Waals surface area contributed by atoms with Gasteiger partial charge in [-0.05, 0) is 24.3 Å². The van der Waals surface area contributed by atoms with Gasteiger partial charge in [0.25, 0.3) is 6.01 Å². The third kappa shape index (κ3) is 7.51. The van der Waals surface area contributed by atoms with E-state index >= 15 is 0 Å². The lowest BCUT2D eigenvalue weighted by Crippen LogP contribution is -2.08. The van der Waals surface area contributed by atoms with Gasteiger partial charge in [0.1, 0.15) is 4.83 Å². The molecule has 0 aliphatic rings. The number of thiophene rings is 1. The SMILES string of the molecule is O=c1oc(NCCCCCCCCCCCC[N+](=O)[O-])nc2sccc12. The van der Waals surface area contributed by atoms with E-state index in [-0.39, 0.29) is 17.1 Å². The summed E-state index contributed by atoms with van der Waals surface area (Å²) >= 11 is 1.44. The van der Waals surface area contributed by atoms with E-state index in [1.165, 1.54) is 43.4 Å². The molecule has 0 saturated heterocycles. The van der Waals surface area contributed by atoms with Crippen LogP contribution in [0.4, 0.5) is 6.01 Å². The normalized spacial score (nSPS) is 11.1. The molecule has 0 amide bonds. The predicted octanol–water partition coefficient (Wildman–Crippen LogP) is 4.84. The molecule has 0 atom stereocenters. The summed E-state index contributed by atoms with van der Waals surface area (Å²) in [4.78, 5) is 26.7. The molecule has 2 aromatic rings. The van der Waals surface area contributed by atoms with Crippen molar-refractivity contribution in [2.75, 3.05) is 18.4 Å². The molecule has 8 heteroatoms. The second-order valence-corrected chi connectivity index (χ2v) is 7.36. The highest BCUT2D eigenvalue weighted by Gasteiger charge is 2.06. The zero-order valence-electron chi connectivity index (χ0n) is 15.1. The largest absolute Gasteiger partial charge is 0.389 e. The highest BCUT2D eigenvalue weighted by molar-refractivity contribution is 7.16. The molecular formula is C18H27N3O4S. The fourth-order valence-corrected chi connectivity index (χ4v) is 3.60. The number of nitrogens with one attached hydrogen (secondary N) is 1. The van der Waals surface area contributed by atoms with Crippen molar-refractivity contribution in [1.29, 1.82) is 0 Å². The number of unbranched alkanes of at least 4 members (excludes halogenated alkanes) is 9. The van der Waals surface area contributed by atoms with Gasteiger partial charge in [0.2, 0.25) is 6.54 Å². The van der Waals surface area contributed by atoms with Crippen LogP contribution in [0, 0.1) is 10.1 Å². The monoisotopic (exact) mass is 381 g/mol. The first-order valence-corrected chi connectivity index (χ1v) is 10.3. The smallest absolute Gasteiger partial charge is 0.349 e. The van der Waals surface area contributed by atoms with Crippen molar-refractivity contribution in [3.63, 3.8) is 0 Å². The van der Waals surface area contributed by atoms with Crippen molar-refractivity contribution in [2.45, 2.75) is 64.2 Å². The van der Waals surface area contributed by atoms with Crippen LogP contribution in [-0.2, 0) is 0 Å². The minimum absolute atomic E-state index is 0.105. The number of hydrogen-bond donors (Lipinski definition) is 1. The summed E-state index contributed by atoms with van der Waals surface area (Å²) in [6, 6.07) is 2.04. The van der Waals surface area contributed by atoms with E-state index in [4.69, 9.17) is 4.42 Å². The number of rotatable bonds is 14. The van der Waals surface area contributed by atoms with Crippen LogP contribution in [0.3, 0.4) is 0 Å². The zero-order chi connectivity index (χ0) is 18.6. The van der Waals surface area contributed by atoms with Crippen LogP contribution in [0.5, 0.6) is 0 Å². The van der Waals surface area contributed by atoms with E-state index in [1.807, 2.05) is 5.38 Å². The summed E-state index contributed by atoms with van der Waals surface area (Å²) in [7, 11) is 0. The van der Waals surface area contributed by atoms with Gasteiger partial charge in [-0.15, -0.1) is 11.3 Å². The van der Waals surface area contributed by atoms with Crippen molar-refractivity contribution < 1.29 is 9.34 Å². The molecule has 0 spiro atoms. The quantitative estimate of drug-likeness (QED) is 0.286. The Bertz CT molecular complexity index is 729. The Labute approximate surface area is 157 Å². The summed E-state index contributed by atoms with van der Waals surface area (Å²) in [6.45, 7) is 0.859. The molecule has 1 N–H and O–H groups in total. The topological polar surface area (TPSA) is 98.3 Å². The molecule has 2 aromatic heterocycles. The van der Waals surface area contributed by atoms with Gasteiger partial charge in [0.15, 0.2) is 0 Å². The number of nitro groups is 1. The van der Waals surface area contributed by atoms with Crippen LogP contribution in [0.2, 0.25) is 0 Å². The fourth-order valence-electron chi connectivity index (χ4n) is 2.85. The molecule has 0 fully saturated rings. The van der Waals surface area contributed by atoms with Gasteiger partial charge in [-0.1, -0.05) is 44.9 Å². The van der Waals surface area contributed by atoms with Crippen LogP contribution in [0.25, 0.3) is 10.2 Å². The van der Waals surface area contributed by atoms with E-state index in [0.29, 0.717) is 22.7 Å². The maximum Gasteiger partial charge on any atom is 0.349 e. The molecule has 2 rings (SSSR count). The second kappa shape index (κ2) is 11.6. The Morgan fingerprint density at radius 2 is 1.65 bits per heavy atom. The minimum Gasteiger partial charge on any atom is -0.389 e. The number of anilines is 1. The molecule has 0 bridgehead atoms. The second-order valence-electron chi connectivity index (χ2n) is 6.46. The van der Waals surface area contributed by atoms with Gasteiger partial charge < -0.3 is 9.73 Å². The van der Waals surface area contributed by atoms with Gasteiger partial charge in [-0.25, -0.2) is 4.79 Å². The van der Waals surface area contributed by atoms with Gasteiger partial charge >= 0.3 is 5.63 Å². The van der Waals surface area contributed by atoms with Gasteiger partial charge in [-0.3, -0.25) is 10.1 Å². The Morgan fingerprint density at radius 1 is 1.04 bits per heavy atom. The van der Waals surface area contributed by atoms with Crippen molar-refractivity contribution in [2.24, 2.45) is 0 Å². The maximum atomic E-state index is 11.7. The molecule has 7 nitrogen and oxygen atoms in total. The number of aromatic nitrogens is 1. The van der Waals surface area contributed by atoms with Gasteiger partial charge in [0, 0.05) is 17.9 Å². The molecule has 0 aliphatic carbocycles. The molecule has 0 unspecified atom stereocenters. The lowest BCUT2D eigenvalue weighted by molar-refractivity contribution is -0.480. The Kier molecular flexibility index (Phi) is 9.09. The molecule has 144 valence electrons. The first-order valence-electron chi connectivity index (χ1n) is 9.41. The zero-order valence-corrected chi connectivity index (χ0v) is 15.9. The Morgan fingerprint density at radius 3 is 2.31 bits per heavy atom. The number of nitrogens with zero attached hydrogens (tertiary/aromatic N) is 2. The summed E-state index contributed by atoms with van der Waals surface area (Å²) < 4.78 is 5.15. The van der Waals surface area contributed by atoms with Crippen LogP contribution < -0.4 is 10.9 Å². The van der Waals surface area contributed by atoms with Gasteiger partial charge in [-0.2, -0.15) is 4.98 Å². The van der Waals surface area contributed by atoms with Crippen molar-refractivity contribution in [3.05, 3.63) is 32.0 Å². The van der Waals surface area contributed by atoms with Crippen molar-refractivity contribution >= 4 is 27.6 Å². The molecular weight excluding hydrogens is 354 g/mol. The molecule has 0 aliphatic heterocycles. The molecule has 0 saturated carbocycles. The standard InChI is InChI=1S/C18H27N3O4S/c22-17-15-11-14-26-16(15)20-18(25-17)19-12-9-7-5-3-1-2-4-6-8-10-13-21(23)24/h11,14H,1-10,12-13H2,(H,19,20). The van der Waals surface area contributed by atoms with E-state index < -0.39 is 0 Å². The molecule has 0 aromatic carbocycles. The van der Waals surface area contributed by atoms with Crippen LogP contribution >= 0.6 is 11.3 Å². The maximum absolute atomic E-state index is 11.7. The fraction of sp³-hybridized carbons (Fsp3) is 0.667. The lowest BCUT2D eigenvalue weighted by atomic mass is 10.1. The average Bonchev–Trinajstić information content (AvgIpc) is 3.08. The summed E-state index contributed by atoms with van der Waals surface area (Å²) in [5.41, 5.74) is -0.336. The highest BCUT2D eigenvalue weighted by atomic mass is 32.1. The van der Waals surface area contributed by atoms with Crippen LogP contribution in [-0.4, -0.2) is 23.0 Å². The summed E-state index contributed by atoms with van der Waals surface area (Å²) in [6.07, 6.45) is 11.0. The molecule has 2 heterocycles. The Hall–Kier alpha value is -1.96. The summed E-state index contributed by atoms with van der Waals surface area (Å²) in [5.74, 6) is 0. The van der Waals surface area contributed by atoms with Gasteiger partial charge in [0.05, 0.1) is 5.39 Å². The van der Waals surface area contributed by atoms with E-state index in [2.05, 4.69) is 10.3 Å². The number of hydrogen-bond acceptors (Lipinski definition) is 7. The van der Waals surface area contributed by atoms with Crippen molar-refractivity contribution in [3.8, 4) is 0 Å². The third-order valence-electron chi connectivity index (χ3n) is 4.30. The first-order chi connectivity index (χ1) is 12.7. The average molecular weight is 381 g/mol. The molecule has 26 heavy (non-hydrogen) atoms. The summed E-state index contributed by atoms with van der Waals surface area (Å²) in [5, 5.41) is 15.7. The highest BCUT2D eigenvalue weighted by Crippen LogP contribution is 2.17. The third-order valence-corrected chi connectivity index (χ3v) is 5.11. The van der Waals surface area contributed by atoms with E-state index in [0.717, 1.165) is 32.2 Å². The van der Waals surface area contributed by atoms with Crippen molar-refractivity contribution in [1.82, 2.24) is 4.98 Å².